The normalized spacial score (nSPS) is 16.8. The molecule has 6 heteroatoms. The number of benzene rings is 2. The molecule has 4 rings (SSSR count). The second-order valence-electron chi connectivity index (χ2n) is 7.12. The molecule has 1 aliphatic carbocycles. The van der Waals surface area contributed by atoms with Crippen LogP contribution >= 0.6 is 0 Å². The predicted molar refractivity (Wildman–Crippen MR) is 102 cm³/mol. The Kier molecular flexibility index (Phi) is 5.07. The molecule has 1 aliphatic heterocycles. The molecule has 28 heavy (non-hydrogen) atoms. The van der Waals surface area contributed by atoms with E-state index in [4.69, 9.17) is 19.5 Å². The van der Waals surface area contributed by atoms with Crippen molar-refractivity contribution in [3.63, 3.8) is 0 Å². The number of carbonyl (C=O) groups excluding carboxylic acids is 1. The van der Waals surface area contributed by atoms with E-state index in [1.807, 2.05) is 18.2 Å². The number of carbonyl (C=O) groups is 1. The van der Waals surface area contributed by atoms with Gasteiger partial charge in [0.05, 0.1) is 17.2 Å². The fourth-order valence-corrected chi connectivity index (χ4v) is 3.91. The maximum absolute atomic E-state index is 12.6. The van der Waals surface area contributed by atoms with Crippen LogP contribution in [0.3, 0.4) is 0 Å². The van der Waals surface area contributed by atoms with Crippen LogP contribution in [0.2, 0.25) is 0 Å². The second-order valence-corrected chi connectivity index (χ2v) is 7.12. The van der Waals surface area contributed by atoms with Crippen molar-refractivity contribution >= 4 is 5.91 Å². The first-order chi connectivity index (χ1) is 13.7. The summed E-state index contributed by atoms with van der Waals surface area (Å²) in [4.78, 5) is 12.6. The van der Waals surface area contributed by atoms with E-state index in [1.54, 1.807) is 24.3 Å². The van der Waals surface area contributed by atoms with E-state index in [1.165, 1.54) is 0 Å². The Morgan fingerprint density at radius 3 is 2.68 bits per heavy atom. The maximum Gasteiger partial charge on any atom is 0.258 e. The van der Waals surface area contributed by atoms with Crippen LogP contribution in [0.15, 0.2) is 42.5 Å². The van der Waals surface area contributed by atoms with Crippen LogP contribution in [0.5, 0.6) is 17.2 Å². The molecule has 0 bridgehead atoms. The number of nitrogens with one attached hydrogen (secondary N) is 1. The number of rotatable bonds is 5. The number of hydrogen-bond acceptors (Lipinski definition) is 5. The molecule has 0 spiro atoms. The molecule has 144 valence electrons. The molecule has 1 amide bonds. The number of nitriles is 1. The van der Waals surface area contributed by atoms with Crippen molar-refractivity contribution < 1.29 is 19.0 Å². The molecular weight excluding hydrogens is 356 g/mol. The fourth-order valence-electron chi connectivity index (χ4n) is 3.91. The third kappa shape index (κ3) is 3.74. The van der Waals surface area contributed by atoms with Crippen molar-refractivity contribution in [2.75, 3.05) is 19.8 Å². The van der Waals surface area contributed by atoms with Gasteiger partial charge in [-0.3, -0.25) is 4.79 Å². The highest BCUT2D eigenvalue weighted by Crippen LogP contribution is 2.42. The van der Waals surface area contributed by atoms with Gasteiger partial charge in [-0.05, 0) is 48.7 Å². The molecule has 1 fully saturated rings. The van der Waals surface area contributed by atoms with Gasteiger partial charge in [0.1, 0.15) is 19.0 Å². The van der Waals surface area contributed by atoms with Gasteiger partial charge in [-0.2, -0.15) is 5.26 Å². The van der Waals surface area contributed by atoms with Crippen LogP contribution in [0.4, 0.5) is 0 Å². The van der Waals surface area contributed by atoms with Crippen LogP contribution in [0, 0.1) is 11.3 Å². The summed E-state index contributed by atoms with van der Waals surface area (Å²) in [6.07, 6.45) is 3.87. The van der Waals surface area contributed by atoms with Crippen LogP contribution < -0.4 is 19.5 Å². The number of nitrogens with zero attached hydrogens (tertiary/aromatic N) is 1. The molecule has 2 aromatic carbocycles. The van der Waals surface area contributed by atoms with E-state index in [2.05, 4.69) is 11.4 Å². The zero-order valence-electron chi connectivity index (χ0n) is 15.6. The summed E-state index contributed by atoms with van der Waals surface area (Å²) in [5.41, 5.74) is 1.13. The number of amides is 1. The highest BCUT2D eigenvalue weighted by molar-refractivity contribution is 5.78. The average Bonchev–Trinajstić information content (AvgIpc) is 3.21. The maximum atomic E-state index is 12.6. The number of hydrogen-bond donors (Lipinski definition) is 1. The van der Waals surface area contributed by atoms with Gasteiger partial charge in [0.2, 0.25) is 0 Å². The van der Waals surface area contributed by atoms with Crippen LogP contribution in [0.1, 0.15) is 36.8 Å². The topological polar surface area (TPSA) is 80.6 Å². The van der Waals surface area contributed by atoms with E-state index in [9.17, 15) is 4.79 Å². The zero-order valence-corrected chi connectivity index (χ0v) is 15.6. The Morgan fingerprint density at radius 1 is 1.11 bits per heavy atom. The minimum Gasteiger partial charge on any atom is -0.486 e. The lowest BCUT2D eigenvalue weighted by Crippen LogP contribution is -2.45. The Labute approximate surface area is 164 Å². The van der Waals surface area contributed by atoms with Gasteiger partial charge in [-0.15, -0.1) is 0 Å². The summed E-state index contributed by atoms with van der Waals surface area (Å²) >= 11 is 0. The molecule has 2 aromatic rings. The largest absolute Gasteiger partial charge is 0.486 e. The lowest BCUT2D eigenvalue weighted by atomic mass is 9.87. The van der Waals surface area contributed by atoms with E-state index in [-0.39, 0.29) is 12.5 Å². The van der Waals surface area contributed by atoms with E-state index >= 15 is 0 Å². The molecule has 6 nitrogen and oxygen atoms in total. The third-order valence-corrected chi connectivity index (χ3v) is 5.26. The van der Waals surface area contributed by atoms with Crippen molar-refractivity contribution in [3.05, 3.63) is 53.6 Å². The fraction of sp³-hybridized carbons (Fsp3) is 0.364. The van der Waals surface area contributed by atoms with Gasteiger partial charge in [0.25, 0.3) is 5.91 Å². The minimum atomic E-state index is -0.412. The van der Waals surface area contributed by atoms with Crippen molar-refractivity contribution in [3.8, 4) is 23.3 Å². The van der Waals surface area contributed by atoms with Crippen LogP contribution in [0.25, 0.3) is 0 Å². The molecular formula is C22H22N2O4. The van der Waals surface area contributed by atoms with Crippen molar-refractivity contribution in [1.29, 1.82) is 5.26 Å². The summed E-state index contributed by atoms with van der Waals surface area (Å²) in [5, 5.41) is 12.2. The molecule has 1 heterocycles. The highest BCUT2D eigenvalue weighted by Gasteiger charge is 2.38. The number of ether oxygens (including phenoxy) is 3. The lowest BCUT2D eigenvalue weighted by molar-refractivity contribution is -0.125. The predicted octanol–water partition coefficient (Wildman–Crippen LogP) is 3.29. The lowest BCUT2D eigenvalue weighted by Gasteiger charge is -2.32. The van der Waals surface area contributed by atoms with E-state index < -0.39 is 5.54 Å². The number of fused-ring (bicyclic) bond motifs is 1. The summed E-state index contributed by atoms with van der Waals surface area (Å²) in [6, 6.07) is 14.8. The smallest absolute Gasteiger partial charge is 0.258 e. The van der Waals surface area contributed by atoms with Gasteiger partial charge in [0.15, 0.2) is 18.1 Å². The highest BCUT2D eigenvalue weighted by atomic mass is 16.6. The van der Waals surface area contributed by atoms with Crippen molar-refractivity contribution in [2.24, 2.45) is 0 Å². The van der Waals surface area contributed by atoms with Gasteiger partial charge >= 0.3 is 0 Å². The first kappa shape index (κ1) is 18.2. The van der Waals surface area contributed by atoms with Gasteiger partial charge in [-0.25, -0.2) is 0 Å². The summed E-state index contributed by atoms with van der Waals surface area (Å²) in [7, 11) is 0. The summed E-state index contributed by atoms with van der Waals surface area (Å²) in [5.74, 6) is 1.80. The summed E-state index contributed by atoms with van der Waals surface area (Å²) < 4.78 is 16.9. The van der Waals surface area contributed by atoms with Crippen molar-refractivity contribution in [2.45, 2.75) is 31.2 Å². The van der Waals surface area contributed by atoms with Gasteiger partial charge in [0, 0.05) is 0 Å². The summed E-state index contributed by atoms with van der Waals surface area (Å²) in [6.45, 7) is 0.991. The van der Waals surface area contributed by atoms with Crippen LogP contribution in [-0.2, 0) is 10.3 Å². The van der Waals surface area contributed by atoms with Gasteiger partial charge < -0.3 is 19.5 Å². The first-order valence-electron chi connectivity index (χ1n) is 9.53. The van der Waals surface area contributed by atoms with E-state index in [0.29, 0.717) is 24.5 Å². The quantitative estimate of drug-likeness (QED) is 0.863. The SMILES string of the molecule is N#Cc1cccc(OCC(=O)NC2(c3ccc4c(c3)OCCO4)CCCC2)c1. The molecule has 0 atom stereocenters. The second kappa shape index (κ2) is 7.81. The Balaban J connectivity index is 1.47. The van der Waals surface area contributed by atoms with Gasteiger partial charge in [-0.1, -0.05) is 25.0 Å². The molecule has 2 aliphatic rings. The molecule has 0 radical (unpaired) electrons. The molecule has 0 saturated heterocycles. The molecule has 1 saturated carbocycles. The van der Waals surface area contributed by atoms with Crippen molar-refractivity contribution in [1.82, 2.24) is 5.32 Å². The Hall–Kier alpha value is -3.20. The molecule has 1 N–H and O–H groups in total. The molecule has 0 aromatic heterocycles. The minimum absolute atomic E-state index is 0.0960. The average molecular weight is 378 g/mol. The monoisotopic (exact) mass is 378 g/mol. The van der Waals surface area contributed by atoms with E-state index in [0.717, 1.165) is 42.7 Å². The third-order valence-electron chi connectivity index (χ3n) is 5.26. The zero-order chi connectivity index (χ0) is 19.4. The Morgan fingerprint density at radius 2 is 1.89 bits per heavy atom. The Bertz CT molecular complexity index is 913. The van der Waals surface area contributed by atoms with Crippen LogP contribution in [-0.4, -0.2) is 25.7 Å². The molecule has 0 unspecified atom stereocenters. The first-order valence-corrected chi connectivity index (χ1v) is 9.53. The standard InChI is InChI=1S/C22H22N2O4/c23-14-16-4-3-5-18(12-16)28-15-21(25)24-22(8-1-2-9-22)17-6-7-19-20(13-17)27-11-10-26-19/h3-7,12-13H,1-2,8-11,15H2,(H,24,25).